The Morgan fingerprint density at radius 1 is 1.13 bits per heavy atom. The van der Waals surface area contributed by atoms with Gasteiger partial charge in [-0.2, -0.15) is 4.68 Å². The number of ether oxygens (including phenoxy) is 3. The molecule has 0 saturated heterocycles. The number of carbonyl (C=O) groups excluding carboxylic acids is 2. The van der Waals surface area contributed by atoms with Crippen molar-refractivity contribution in [3.05, 3.63) is 59.2 Å². The van der Waals surface area contributed by atoms with E-state index in [1.54, 1.807) is 24.3 Å². The van der Waals surface area contributed by atoms with Crippen LogP contribution in [0.4, 0.5) is 5.95 Å². The Labute approximate surface area is 170 Å². The van der Waals surface area contributed by atoms with Crippen LogP contribution < -0.4 is 14.8 Å². The van der Waals surface area contributed by atoms with E-state index in [1.807, 2.05) is 0 Å². The van der Waals surface area contributed by atoms with Crippen LogP contribution in [0.1, 0.15) is 22.2 Å². The van der Waals surface area contributed by atoms with E-state index in [2.05, 4.69) is 20.8 Å². The topological polar surface area (TPSA) is 131 Å². The molecule has 0 amide bonds. The summed E-state index contributed by atoms with van der Waals surface area (Å²) in [5.41, 5.74) is 0.559. The number of hydrogen-bond donors (Lipinski definition) is 1. The fraction of sp³-hybridized carbons (Fsp3) is 0.211. The number of methoxy groups -OCH3 is 3. The second-order valence-electron chi connectivity index (χ2n) is 6.18. The number of Topliss-reactive ketones (excluding diaryl/α,β-unsaturated/α-hetero) is 1. The molecule has 1 aliphatic heterocycles. The molecule has 30 heavy (non-hydrogen) atoms. The summed E-state index contributed by atoms with van der Waals surface area (Å²) < 4.78 is 22.2. The monoisotopic (exact) mass is 411 g/mol. The van der Waals surface area contributed by atoms with Gasteiger partial charge in [-0.1, -0.05) is 11.2 Å². The number of rotatable bonds is 6. The third kappa shape index (κ3) is 3.05. The Balaban J connectivity index is 1.96. The van der Waals surface area contributed by atoms with Crippen molar-refractivity contribution in [3.8, 4) is 11.5 Å². The molecule has 0 aliphatic carbocycles. The zero-order valence-electron chi connectivity index (χ0n) is 16.3. The van der Waals surface area contributed by atoms with Crippen LogP contribution in [-0.2, 0) is 9.53 Å². The van der Waals surface area contributed by atoms with Crippen molar-refractivity contribution in [2.24, 2.45) is 0 Å². The van der Waals surface area contributed by atoms with Crippen LogP contribution in [0.2, 0.25) is 0 Å². The van der Waals surface area contributed by atoms with Crippen LogP contribution >= 0.6 is 0 Å². The van der Waals surface area contributed by atoms with Crippen molar-refractivity contribution in [1.82, 2.24) is 20.2 Å². The minimum atomic E-state index is -0.859. The molecule has 11 heteroatoms. The summed E-state index contributed by atoms with van der Waals surface area (Å²) in [6.07, 6.45) is 1.37. The number of allylic oxidation sites excluding steroid dienone is 1. The number of aromatic nitrogens is 4. The number of anilines is 1. The number of nitrogens with one attached hydrogen (secondary N) is 1. The second kappa shape index (κ2) is 7.70. The molecule has 1 N–H and O–H groups in total. The molecule has 0 spiro atoms. The highest BCUT2D eigenvalue weighted by atomic mass is 16.5. The third-order valence-corrected chi connectivity index (χ3v) is 4.62. The van der Waals surface area contributed by atoms with Crippen LogP contribution in [0.5, 0.6) is 11.5 Å². The number of carbonyl (C=O) groups is 2. The highest BCUT2D eigenvalue weighted by molar-refractivity contribution is 6.13. The van der Waals surface area contributed by atoms with Crippen molar-refractivity contribution in [2.75, 3.05) is 26.6 Å². The third-order valence-electron chi connectivity index (χ3n) is 4.62. The van der Waals surface area contributed by atoms with Crippen LogP contribution in [-0.4, -0.2) is 53.3 Å². The van der Waals surface area contributed by atoms with E-state index in [-0.39, 0.29) is 23.0 Å². The van der Waals surface area contributed by atoms with Gasteiger partial charge in [-0.25, -0.2) is 4.79 Å². The summed E-state index contributed by atoms with van der Waals surface area (Å²) in [5.74, 6) is -0.101. The largest absolute Gasteiger partial charge is 0.493 e. The zero-order valence-corrected chi connectivity index (χ0v) is 16.3. The van der Waals surface area contributed by atoms with Gasteiger partial charge in [-0.05, 0) is 40.3 Å². The highest BCUT2D eigenvalue weighted by Crippen LogP contribution is 2.39. The van der Waals surface area contributed by atoms with Crippen molar-refractivity contribution in [3.63, 3.8) is 0 Å². The summed E-state index contributed by atoms with van der Waals surface area (Å²) in [6, 6.07) is 7.33. The molecular formula is C19H17N5O6. The Bertz CT molecular complexity index is 1130. The lowest BCUT2D eigenvalue weighted by atomic mass is 9.91. The number of hydrogen-bond acceptors (Lipinski definition) is 10. The summed E-state index contributed by atoms with van der Waals surface area (Å²) in [6.45, 7) is 0. The highest BCUT2D eigenvalue weighted by Gasteiger charge is 2.39. The molecule has 3 heterocycles. The predicted molar refractivity (Wildman–Crippen MR) is 101 cm³/mol. The van der Waals surface area contributed by atoms with Gasteiger partial charge in [0.05, 0.1) is 33.2 Å². The number of tetrazole rings is 1. The van der Waals surface area contributed by atoms with Gasteiger partial charge >= 0.3 is 5.97 Å². The minimum Gasteiger partial charge on any atom is -0.493 e. The molecule has 0 unspecified atom stereocenters. The Kier molecular flexibility index (Phi) is 4.92. The molecule has 0 radical (unpaired) electrons. The first kappa shape index (κ1) is 19.2. The standard InChI is InChI=1S/C19H17N5O6/c1-27-11-7-6-10(9-13(11)28-2)16-14(17(25)12-5-4-8-30-12)15(18(26)29-3)20-19-21-22-23-24(16)19/h4-9,16H,1-3H3,(H,20,21,23)/t16-/m0/s1. The molecule has 154 valence electrons. The fourth-order valence-electron chi connectivity index (χ4n) is 3.26. The SMILES string of the molecule is COC(=O)C1=C(C(=O)c2ccco2)[C@H](c2ccc(OC)c(OC)c2)n2nnnc2N1. The summed E-state index contributed by atoms with van der Waals surface area (Å²) in [7, 11) is 4.23. The molecule has 0 fully saturated rings. The van der Waals surface area contributed by atoms with E-state index in [0.717, 1.165) is 0 Å². The van der Waals surface area contributed by atoms with Crippen molar-refractivity contribution >= 4 is 17.7 Å². The van der Waals surface area contributed by atoms with Crippen LogP contribution in [0.25, 0.3) is 0 Å². The zero-order chi connectivity index (χ0) is 21.3. The predicted octanol–water partition coefficient (Wildman–Crippen LogP) is 1.61. The minimum absolute atomic E-state index is 0.0511. The van der Waals surface area contributed by atoms with E-state index in [0.29, 0.717) is 17.1 Å². The summed E-state index contributed by atoms with van der Waals surface area (Å²) >= 11 is 0. The fourth-order valence-corrected chi connectivity index (χ4v) is 3.26. The molecule has 1 aromatic carbocycles. The normalized spacial score (nSPS) is 15.2. The van der Waals surface area contributed by atoms with E-state index >= 15 is 0 Å². The first-order chi connectivity index (χ1) is 14.6. The number of esters is 1. The smallest absolute Gasteiger partial charge is 0.355 e. The quantitative estimate of drug-likeness (QED) is 0.471. The van der Waals surface area contributed by atoms with Gasteiger partial charge in [0, 0.05) is 0 Å². The van der Waals surface area contributed by atoms with E-state index in [1.165, 1.54) is 38.3 Å². The maximum Gasteiger partial charge on any atom is 0.355 e. The first-order valence-corrected chi connectivity index (χ1v) is 8.76. The Hall–Kier alpha value is -4.15. The molecule has 0 saturated carbocycles. The van der Waals surface area contributed by atoms with Gasteiger partial charge in [0.25, 0.3) is 0 Å². The lowest BCUT2D eigenvalue weighted by Crippen LogP contribution is -2.32. The van der Waals surface area contributed by atoms with Gasteiger partial charge in [0.15, 0.2) is 17.3 Å². The van der Waals surface area contributed by atoms with Crippen LogP contribution in [0, 0.1) is 0 Å². The lowest BCUT2D eigenvalue weighted by Gasteiger charge is -2.28. The van der Waals surface area contributed by atoms with Crippen molar-refractivity contribution in [2.45, 2.75) is 6.04 Å². The number of furan rings is 1. The maximum absolute atomic E-state index is 13.3. The average Bonchev–Trinajstić information content (AvgIpc) is 3.48. The van der Waals surface area contributed by atoms with Crippen molar-refractivity contribution < 1.29 is 28.2 Å². The number of ketones is 1. The summed E-state index contributed by atoms with van der Waals surface area (Å²) in [4.78, 5) is 25.9. The molecule has 2 aromatic heterocycles. The Morgan fingerprint density at radius 2 is 1.93 bits per heavy atom. The van der Waals surface area contributed by atoms with Crippen molar-refractivity contribution in [1.29, 1.82) is 0 Å². The van der Waals surface area contributed by atoms with Gasteiger partial charge < -0.3 is 23.9 Å². The Morgan fingerprint density at radius 3 is 2.60 bits per heavy atom. The summed E-state index contributed by atoms with van der Waals surface area (Å²) in [5, 5.41) is 14.3. The van der Waals surface area contributed by atoms with Crippen LogP contribution in [0.15, 0.2) is 52.3 Å². The van der Waals surface area contributed by atoms with Gasteiger partial charge in [0.1, 0.15) is 11.7 Å². The number of benzene rings is 1. The number of fused-ring (bicyclic) bond motifs is 1. The van der Waals surface area contributed by atoms with E-state index in [9.17, 15) is 9.59 Å². The molecular weight excluding hydrogens is 394 g/mol. The average molecular weight is 411 g/mol. The first-order valence-electron chi connectivity index (χ1n) is 8.76. The van der Waals surface area contributed by atoms with Gasteiger partial charge in [-0.3, -0.25) is 4.79 Å². The number of nitrogens with zero attached hydrogens (tertiary/aromatic N) is 4. The van der Waals surface area contributed by atoms with Gasteiger partial charge in [-0.15, -0.1) is 0 Å². The molecule has 11 nitrogen and oxygen atoms in total. The van der Waals surface area contributed by atoms with E-state index < -0.39 is 17.8 Å². The molecule has 4 rings (SSSR count). The molecule has 3 aromatic rings. The lowest BCUT2D eigenvalue weighted by molar-refractivity contribution is -0.136. The van der Waals surface area contributed by atoms with Gasteiger partial charge in [0.2, 0.25) is 11.7 Å². The second-order valence-corrected chi connectivity index (χ2v) is 6.18. The maximum atomic E-state index is 13.3. The van der Waals surface area contributed by atoms with E-state index in [4.69, 9.17) is 18.6 Å². The molecule has 1 atom stereocenters. The van der Waals surface area contributed by atoms with Crippen LogP contribution in [0.3, 0.4) is 0 Å². The molecule has 1 aliphatic rings. The molecule has 0 bridgehead atoms.